The minimum absolute atomic E-state index is 0.277. The van der Waals surface area contributed by atoms with E-state index in [-0.39, 0.29) is 11.8 Å². The molecule has 2 aromatic rings. The van der Waals surface area contributed by atoms with Crippen molar-refractivity contribution in [2.75, 3.05) is 17.3 Å². The number of carbonyl (C=O) groups is 2. The SMILES string of the molecule is CSCCC(NC(=O)c1cccc(C)c1)C(=O)Nc1cccc(C#N)c1. The Bertz CT molecular complexity index is 830. The Hall–Kier alpha value is -2.78. The second kappa shape index (κ2) is 9.64. The van der Waals surface area contributed by atoms with Gasteiger partial charge in [-0.1, -0.05) is 23.8 Å². The molecule has 0 bridgehead atoms. The number of rotatable bonds is 7. The van der Waals surface area contributed by atoms with E-state index >= 15 is 0 Å². The highest BCUT2D eigenvalue weighted by atomic mass is 32.2. The first kappa shape index (κ1) is 19.5. The number of hydrogen-bond donors (Lipinski definition) is 2. The Kier molecular flexibility index (Phi) is 7.24. The van der Waals surface area contributed by atoms with E-state index in [1.807, 2.05) is 31.4 Å². The highest BCUT2D eigenvalue weighted by molar-refractivity contribution is 7.98. The number of carbonyl (C=O) groups excluding carboxylic acids is 2. The van der Waals surface area contributed by atoms with Crippen molar-refractivity contribution >= 4 is 29.3 Å². The van der Waals surface area contributed by atoms with Crippen LogP contribution in [0.2, 0.25) is 0 Å². The van der Waals surface area contributed by atoms with E-state index in [1.54, 1.807) is 48.2 Å². The van der Waals surface area contributed by atoms with Gasteiger partial charge in [-0.2, -0.15) is 17.0 Å². The third-order valence-corrected chi connectivity index (χ3v) is 4.42. The topological polar surface area (TPSA) is 82.0 Å². The first-order valence-corrected chi connectivity index (χ1v) is 9.60. The van der Waals surface area contributed by atoms with Crippen LogP contribution in [-0.2, 0) is 4.79 Å². The average Bonchev–Trinajstić information content (AvgIpc) is 2.65. The minimum atomic E-state index is -0.652. The average molecular weight is 367 g/mol. The Morgan fingerprint density at radius 3 is 2.65 bits per heavy atom. The number of hydrogen-bond acceptors (Lipinski definition) is 4. The van der Waals surface area contributed by atoms with Crippen molar-refractivity contribution < 1.29 is 9.59 Å². The van der Waals surface area contributed by atoms with Crippen molar-refractivity contribution in [3.05, 3.63) is 65.2 Å². The molecule has 5 nitrogen and oxygen atoms in total. The molecule has 0 saturated carbocycles. The van der Waals surface area contributed by atoms with E-state index in [4.69, 9.17) is 5.26 Å². The lowest BCUT2D eigenvalue weighted by Crippen LogP contribution is -2.44. The molecule has 0 spiro atoms. The van der Waals surface area contributed by atoms with Crippen molar-refractivity contribution in [3.63, 3.8) is 0 Å². The van der Waals surface area contributed by atoms with Crippen LogP contribution in [0.3, 0.4) is 0 Å². The van der Waals surface area contributed by atoms with E-state index in [1.165, 1.54) is 0 Å². The van der Waals surface area contributed by atoms with Crippen molar-refractivity contribution in [1.82, 2.24) is 5.32 Å². The van der Waals surface area contributed by atoms with Gasteiger partial charge in [-0.15, -0.1) is 0 Å². The van der Waals surface area contributed by atoms with Crippen molar-refractivity contribution in [2.45, 2.75) is 19.4 Å². The molecule has 1 atom stereocenters. The molecule has 0 saturated heterocycles. The second-order valence-electron chi connectivity index (χ2n) is 5.86. The van der Waals surface area contributed by atoms with Crippen LogP contribution in [-0.4, -0.2) is 29.9 Å². The molecule has 0 fully saturated rings. The Labute approximate surface area is 157 Å². The van der Waals surface area contributed by atoms with Gasteiger partial charge in [-0.3, -0.25) is 9.59 Å². The maximum atomic E-state index is 12.6. The molecule has 6 heteroatoms. The van der Waals surface area contributed by atoms with Gasteiger partial charge in [0.2, 0.25) is 5.91 Å². The number of nitrogens with zero attached hydrogens (tertiary/aromatic N) is 1. The number of anilines is 1. The molecular formula is C20H21N3O2S. The summed E-state index contributed by atoms with van der Waals surface area (Å²) in [6.07, 6.45) is 2.47. The quantitative estimate of drug-likeness (QED) is 0.786. The summed E-state index contributed by atoms with van der Waals surface area (Å²) in [6.45, 7) is 1.91. The van der Waals surface area contributed by atoms with E-state index in [2.05, 4.69) is 10.6 Å². The molecule has 2 amide bonds. The molecule has 0 radical (unpaired) electrons. The van der Waals surface area contributed by atoms with Gasteiger partial charge in [-0.05, 0) is 55.7 Å². The summed E-state index contributed by atoms with van der Waals surface area (Å²) in [6, 6.07) is 15.3. The molecule has 0 aromatic heterocycles. The van der Waals surface area contributed by atoms with Gasteiger partial charge >= 0.3 is 0 Å². The molecule has 0 aliphatic carbocycles. The first-order chi connectivity index (χ1) is 12.5. The number of aryl methyl sites for hydroxylation is 1. The van der Waals surface area contributed by atoms with Gasteiger partial charge < -0.3 is 10.6 Å². The van der Waals surface area contributed by atoms with Crippen molar-refractivity contribution in [2.24, 2.45) is 0 Å². The number of thioether (sulfide) groups is 1. The normalized spacial score (nSPS) is 11.3. The Morgan fingerprint density at radius 1 is 1.19 bits per heavy atom. The van der Waals surface area contributed by atoms with Gasteiger partial charge in [0.15, 0.2) is 0 Å². The van der Waals surface area contributed by atoms with E-state index < -0.39 is 6.04 Å². The molecule has 0 aliphatic heterocycles. The van der Waals surface area contributed by atoms with Crippen LogP contribution in [0.15, 0.2) is 48.5 Å². The monoisotopic (exact) mass is 367 g/mol. The van der Waals surface area contributed by atoms with Gasteiger partial charge in [0, 0.05) is 11.3 Å². The fourth-order valence-electron chi connectivity index (χ4n) is 2.43. The molecule has 134 valence electrons. The zero-order valence-corrected chi connectivity index (χ0v) is 15.6. The predicted molar refractivity (Wildman–Crippen MR) is 105 cm³/mol. The molecule has 1 unspecified atom stereocenters. The van der Waals surface area contributed by atoms with Gasteiger partial charge in [0.05, 0.1) is 11.6 Å². The number of benzene rings is 2. The van der Waals surface area contributed by atoms with Crippen LogP contribution >= 0.6 is 11.8 Å². The highest BCUT2D eigenvalue weighted by Crippen LogP contribution is 2.12. The molecule has 0 heterocycles. The maximum Gasteiger partial charge on any atom is 0.251 e. The highest BCUT2D eigenvalue weighted by Gasteiger charge is 2.21. The summed E-state index contributed by atoms with van der Waals surface area (Å²) >= 11 is 1.61. The van der Waals surface area contributed by atoms with Crippen LogP contribution in [0.25, 0.3) is 0 Å². The van der Waals surface area contributed by atoms with Crippen LogP contribution in [0, 0.1) is 18.3 Å². The smallest absolute Gasteiger partial charge is 0.251 e. The number of amides is 2. The third-order valence-electron chi connectivity index (χ3n) is 3.77. The fourth-order valence-corrected chi connectivity index (χ4v) is 2.90. The second-order valence-corrected chi connectivity index (χ2v) is 6.84. The van der Waals surface area contributed by atoms with Crippen LogP contribution in [0.5, 0.6) is 0 Å². The lowest BCUT2D eigenvalue weighted by atomic mass is 10.1. The summed E-state index contributed by atoms with van der Waals surface area (Å²) < 4.78 is 0. The van der Waals surface area contributed by atoms with Crippen LogP contribution in [0.4, 0.5) is 5.69 Å². The summed E-state index contributed by atoms with van der Waals surface area (Å²) in [4.78, 5) is 25.1. The Balaban J connectivity index is 2.11. The molecule has 2 rings (SSSR count). The minimum Gasteiger partial charge on any atom is -0.340 e. The van der Waals surface area contributed by atoms with Gasteiger partial charge in [0.1, 0.15) is 6.04 Å². The molecule has 2 aromatic carbocycles. The maximum absolute atomic E-state index is 12.6. The first-order valence-electron chi connectivity index (χ1n) is 8.21. The fraction of sp³-hybridized carbons (Fsp3) is 0.250. The zero-order valence-electron chi connectivity index (χ0n) is 14.8. The summed E-state index contributed by atoms with van der Waals surface area (Å²) in [5, 5.41) is 14.6. The molecule has 0 aliphatic rings. The van der Waals surface area contributed by atoms with Gasteiger partial charge in [-0.25, -0.2) is 0 Å². The van der Waals surface area contributed by atoms with Crippen LogP contribution in [0.1, 0.15) is 27.9 Å². The van der Waals surface area contributed by atoms with Gasteiger partial charge in [0.25, 0.3) is 5.91 Å². The van der Waals surface area contributed by atoms with Crippen LogP contribution < -0.4 is 10.6 Å². The van der Waals surface area contributed by atoms with E-state index in [0.29, 0.717) is 23.2 Å². The molecule has 2 N–H and O–H groups in total. The largest absolute Gasteiger partial charge is 0.340 e. The molecular weight excluding hydrogens is 346 g/mol. The summed E-state index contributed by atoms with van der Waals surface area (Å²) in [7, 11) is 0. The predicted octanol–water partition coefficient (Wildman–Crippen LogP) is 3.36. The van der Waals surface area contributed by atoms with Crippen molar-refractivity contribution in [1.29, 1.82) is 5.26 Å². The molecule has 26 heavy (non-hydrogen) atoms. The third kappa shape index (κ3) is 5.64. The van der Waals surface area contributed by atoms with E-state index in [0.717, 1.165) is 11.3 Å². The Morgan fingerprint density at radius 2 is 1.96 bits per heavy atom. The lowest BCUT2D eigenvalue weighted by Gasteiger charge is -2.18. The summed E-state index contributed by atoms with van der Waals surface area (Å²) in [5.41, 5.74) is 2.51. The number of nitrogens with one attached hydrogen (secondary N) is 2. The van der Waals surface area contributed by atoms with Crippen molar-refractivity contribution in [3.8, 4) is 6.07 Å². The van der Waals surface area contributed by atoms with E-state index in [9.17, 15) is 9.59 Å². The zero-order chi connectivity index (χ0) is 18.9. The number of nitriles is 1. The standard InChI is InChI=1S/C20H21N3O2S/c1-14-5-3-7-16(11-14)19(24)23-18(9-10-26-2)20(25)22-17-8-4-6-15(12-17)13-21/h3-8,11-12,18H,9-10H2,1-2H3,(H,22,25)(H,23,24). The summed E-state index contributed by atoms with van der Waals surface area (Å²) in [5.74, 6) is 0.167. The lowest BCUT2D eigenvalue weighted by molar-refractivity contribution is -0.118.